The molecule has 0 amide bonds. The van der Waals surface area contributed by atoms with Crippen molar-refractivity contribution >= 4 is 11.4 Å². The van der Waals surface area contributed by atoms with Crippen LogP contribution in [0.25, 0.3) is 0 Å². The van der Waals surface area contributed by atoms with Gasteiger partial charge in [0.1, 0.15) is 0 Å². The largest absolute Gasteiger partial charge is 0.356 e. The monoisotopic (exact) mass is 209 g/mol. The van der Waals surface area contributed by atoms with Crippen molar-refractivity contribution in [2.45, 2.75) is 19.3 Å². The first-order valence-electron chi connectivity index (χ1n) is 5.64. The van der Waals surface area contributed by atoms with Gasteiger partial charge in [-0.25, -0.2) is 0 Å². The van der Waals surface area contributed by atoms with Gasteiger partial charge in [0, 0.05) is 16.8 Å². The maximum atomic E-state index is 3.39. The molecule has 1 heteroatoms. The van der Waals surface area contributed by atoms with Crippen LogP contribution in [0.1, 0.15) is 25.0 Å². The quantitative estimate of drug-likeness (QED) is 0.689. The van der Waals surface area contributed by atoms with Crippen molar-refractivity contribution < 1.29 is 0 Å². The summed E-state index contributed by atoms with van der Waals surface area (Å²) in [5.74, 6) is 0. The summed E-state index contributed by atoms with van der Waals surface area (Å²) < 4.78 is 0. The minimum absolute atomic E-state index is 0.0778. The van der Waals surface area contributed by atoms with Crippen LogP contribution in [0.5, 0.6) is 0 Å². The molecule has 0 aromatic heterocycles. The number of nitrogens with one attached hydrogen (secondary N) is 1. The van der Waals surface area contributed by atoms with Crippen LogP contribution in [0.4, 0.5) is 11.4 Å². The molecule has 0 saturated heterocycles. The van der Waals surface area contributed by atoms with Crippen molar-refractivity contribution in [3.63, 3.8) is 0 Å². The second-order valence-electron chi connectivity index (χ2n) is 4.90. The van der Waals surface area contributed by atoms with Crippen LogP contribution in [-0.2, 0) is 5.41 Å². The Labute approximate surface area is 96.1 Å². The Bertz CT molecular complexity index is 459. The third-order valence-electron chi connectivity index (χ3n) is 3.50. The van der Waals surface area contributed by atoms with E-state index in [0.717, 1.165) is 11.4 Å². The van der Waals surface area contributed by atoms with Gasteiger partial charge in [0.15, 0.2) is 0 Å². The Morgan fingerprint density at radius 3 is 1.44 bits per heavy atom. The zero-order valence-electron chi connectivity index (χ0n) is 9.62. The molecule has 2 aromatic rings. The zero-order chi connectivity index (χ0) is 11.2. The third kappa shape index (κ3) is 1.32. The van der Waals surface area contributed by atoms with E-state index in [1.807, 2.05) is 0 Å². The molecule has 0 atom stereocenters. The maximum absolute atomic E-state index is 3.39. The molecule has 16 heavy (non-hydrogen) atoms. The SMILES string of the molecule is CC1(C)c2ccc(cc2)Nc2ccc1cc2. The Hall–Kier alpha value is -1.76. The average molecular weight is 209 g/mol. The molecule has 0 unspecified atom stereocenters. The predicted octanol–water partition coefficient (Wildman–Crippen LogP) is 4.07. The number of anilines is 2. The van der Waals surface area contributed by atoms with Crippen molar-refractivity contribution in [2.75, 3.05) is 5.32 Å². The Balaban J connectivity index is 2.29. The van der Waals surface area contributed by atoms with Crippen LogP contribution >= 0.6 is 0 Å². The minimum Gasteiger partial charge on any atom is -0.356 e. The van der Waals surface area contributed by atoms with Gasteiger partial charge < -0.3 is 5.32 Å². The first-order valence-corrected chi connectivity index (χ1v) is 5.64. The molecule has 0 radical (unpaired) electrons. The van der Waals surface area contributed by atoms with Gasteiger partial charge in [-0.1, -0.05) is 38.1 Å². The summed E-state index contributed by atoms with van der Waals surface area (Å²) in [6.07, 6.45) is 0. The van der Waals surface area contributed by atoms with Crippen LogP contribution in [0, 0.1) is 0 Å². The molecule has 1 N–H and O–H groups in total. The fourth-order valence-corrected chi connectivity index (χ4v) is 2.27. The minimum atomic E-state index is 0.0778. The number of rotatable bonds is 0. The van der Waals surface area contributed by atoms with E-state index >= 15 is 0 Å². The van der Waals surface area contributed by atoms with Crippen molar-refractivity contribution in [2.24, 2.45) is 0 Å². The standard InChI is InChI=1S/C15H15N/c1-15(2)11-3-7-13(8-4-11)16-14-9-5-12(15)6-10-14/h3-10,16H,1-2H3. The Morgan fingerprint density at radius 2 is 1.06 bits per heavy atom. The number of hydrogen-bond acceptors (Lipinski definition) is 1. The van der Waals surface area contributed by atoms with Crippen LogP contribution in [0.3, 0.4) is 0 Å². The van der Waals surface area contributed by atoms with Gasteiger partial charge in [0.2, 0.25) is 0 Å². The summed E-state index contributed by atoms with van der Waals surface area (Å²) in [6.45, 7) is 4.54. The van der Waals surface area contributed by atoms with E-state index in [2.05, 4.69) is 67.7 Å². The van der Waals surface area contributed by atoms with Crippen LogP contribution < -0.4 is 5.32 Å². The van der Waals surface area contributed by atoms with E-state index in [1.165, 1.54) is 11.1 Å². The highest BCUT2D eigenvalue weighted by Gasteiger charge is 2.23. The summed E-state index contributed by atoms with van der Waals surface area (Å²) in [6, 6.07) is 17.4. The van der Waals surface area contributed by atoms with Gasteiger partial charge in [-0.2, -0.15) is 0 Å². The second kappa shape index (κ2) is 3.11. The van der Waals surface area contributed by atoms with Gasteiger partial charge in [-0.15, -0.1) is 0 Å². The molecule has 4 heterocycles. The summed E-state index contributed by atoms with van der Waals surface area (Å²) >= 11 is 0. The van der Waals surface area contributed by atoms with E-state index in [1.54, 1.807) is 0 Å². The van der Waals surface area contributed by atoms with Crippen molar-refractivity contribution in [1.82, 2.24) is 0 Å². The molecule has 4 bridgehead atoms. The van der Waals surface area contributed by atoms with Gasteiger partial charge in [-0.05, 0) is 35.4 Å². The normalized spacial score (nSPS) is 15.9. The number of hydrogen-bond donors (Lipinski definition) is 1. The maximum Gasteiger partial charge on any atom is 0.0384 e. The van der Waals surface area contributed by atoms with E-state index in [-0.39, 0.29) is 5.41 Å². The fourth-order valence-electron chi connectivity index (χ4n) is 2.27. The molecule has 0 aliphatic carbocycles. The number of benzene rings is 2. The molecular weight excluding hydrogens is 194 g/mol. The van der Waals surface area contributed by atoms with Crippen molar-refractivity contribution in [1.29, 1.82) is 0 Å². The Kier molecular flexibility index (Phi) is 1.84. The molecule has 6 rings (SSSR count). The smallest absolute Gasteiger partial charge is 0.0384 e. The summed E-state index contributed by atoms with van der Waals surface area (Å²) in [5, 5.41) is 3.39. The molecule has 0 fully saturated rings. The lowest BCUT2D eigenvalue weighted by Crippen LogP contribution is -2.19. The van der Waals surface area contributed by atoms with E-state index in [0.29, 0.717) is 0 Å². The molecule has 4 aliphatic rings. The van der Waals surface area contributed by atoms with Crippen molar-refractivity contribution in [3.8, 4) is 0 Å². The van der Waals surface area contributed by atoms with Gasteiger partial charge >= 0.3 is 0 Å². The highest BCUT2D eigenvalue weighted by Crippen LogP contribution is 2.34. The highest BCUT2D eigenvalue weighted by molar-refractivity contribution is 5.62. The first kappa shape index (κ1) is 9.46. The molecule has 1 nitrogen and oxygen atoms in total. The second-order valence-corrected chi connectivity index (χ2v) is 4.90. The van der Waals surface area contributed by atoms with Gasteiger partial charge in [0.25, 0.3) is 0 Å². The molecule has 4 aliphatic heterocycles. The lowest BCUT2D eigenvalue weighted by molar-refractivity contribution is 0.641. The highest BCUT2D eigenvalue weighted by atomic mass is 14.9. The molecular formula is C15H15N. The topological polar surface area (TPSA) is 12.0 Å². The molecule has 0 saturated carbocycles. The van der Waals surface area contributed by atoms with Crippen molar-refractivity contribution in [3.05, 3.63) is 59.7 Å². The van der Waals surface area contributed by atoms with E-state index in [4.69, 9.17) is 0 Å². The van der Waals surface area contributed by atoms with E-state index < -0.39 is 0 Å². The Morgan fingerprint density at radius 1 is 0.688 bits per heavy atom. The average Bonchev–Trinajstić information content (AvgIpc) is 2.30. The fraction of sp³-hybridized carbons (Fsp3) is 0.200. The third-order valence-corrected chi connectivity index (χ3v) is 3.50. The summed E-state index contributed by atoms with van der Waals surface area (Å²) in [7, 11) is 0. The first-order chi connectivity index (χ1) is 7.66. The lowest BCUT2D eigenvalue weighted by atomic mass is 9.78. The zero-order valence-corrected chi connectivity index (χ0v) is 9.62. The molecule has 0 spiro atoms. The summed E-state index contributed by atoms with van der Waals surface area (Å²) in [4.78, 5) is 0. The van der Waals surface area contributed by atoms with Crippen LogP contribution in [0.2, 0.25) is 0 Å². The predicted molar refractivity (Wildman–Crippen MR) is 68.3 cm³/mol. The molecule has 2 aromatic carbocycles. The van der Waals surface area contributed by atoms with Crippen LogP contribution in [-0.4, -0.2) is 0 Å². The van der Waals surface area contributed by atoms with Crippen LogP contribution in [0.15, 0.2) is 48.5 Å². The summed E-state index contributed by atoms with van der Waals surface area (Å²) in [5.41, 5.74) is 5.08. The van der Waals surface area contributed by atoms with Gasteiger partial charge in [-0.3, -0.25) is 0 Å². The van der Waals surface area contributed by atoms with Gasteiger partial charge in [0.05, 0.1) is 0 Å². The lowest BCUT2D eigenvalue weighted by Gasteiger charge is -2.28. The molecule has 80 valence electrons. The van der Waals surface area contributed by atoms with E-state index in [9.17, 15) is 0 Å².